The standard InChI is InChI=1S/C17H16N6O/c1-10(9-24)15-19-7-4-12(22-15)14-11-3-2-6-20-16(11)23-13(14)5-8-21-17(23)18/h2-10,13-14H,1H3,(H2,18,21). The maximum Gasteiger partial charge on any atom is 0.202 e. The molecule has 0 radical (unpaired) electrons. The third-order valence-corrected chi connectivity index (χ3v) is 4.38. The first kappa shape index (κ1) is 14.5. The Morgan fingerprint density at radius 3 is 3.00 bits per heavy atom. The van der Waals surface area contributed by atoms with E-state index >= 15 is 0 Å². The zero-order valence-electron chi connectivity index (χ0n) is 13.1. The Kier molecular flexibility index (Phi) is 3.34. The van der Waals surface area contributed by atoms with Crippen molar-refractivity contribution >= 4 is 18.1 Å². The summed E-state index contributed by atoms with van der Waals surface area (Å²) in [6, 6.07) is 5.76. The summed E-state index contributed by atoms with van der Waals surface area (Å²) in [5.74, 6) is 1.35. The lowest BCUT2D eigenvalue weighted by atomic mass is 9.91. The molecule has 0 aliphatic carbocycles. The molecule has 0 saturated carbocycles. The van der Waals surface area contributed by atoms with Crippen LogP contribution < -0.4 is 10.6 Å². The van der Waals surface area contributed by atoms with Gasteiger partial charge in [0.2, 0.25) is 5.96 Å². The van der Waals surface area contributed by atoms with E-state index < -0.39 is 0 Å². The summed E-state index contributed by atoms with van der Waals surface area (Å²) in [6.45, 7) is 1.79. The summed E-state index contributed by atoms with van der Waals surface area (Å²) in [6.07, 6.45) is 7.99. The topological polar surface area (TPSA) is 97.4 Å². The number of guanidine groups is 1. The van der Waals surface area contributed by atoms with Crippen molar-refractivity contribution in [3.05, 3.63) is 60.0 Å². The second-order valence-electron chi connectivity index (χ2n) is 5.85. The van der Waals surface area contributed by atoms with Crippen molar-refractivity contribution in [1.29, 1.82) is 0 Å². The maximum absolute atomic E-state index is 11.1. The van der Waals surface area contributed by atoms with Gasteiger partial charge in [0.15, 0.2) is 0 Å². The van der Waals surface area contributed by atoms with Crippen molar-refractivity contribution in [2.75, 3.05) is 4.90 Å². The van der Waals surface area contributed by atoms with E-state index in [1.54, 1.807) is 25.5 Å². The number of nitrogens with two attached hydrogens (primary N) is 1. The Morgan fingerprint density at radius 2 is 2.17 bits per heavy atom. The second kappa shape index (κ2) is 5.52. The van der Waals surface area contributed by atoms with Gasteiger partial charge in [0.05, 0.1) is 23.6 Å². The van der Waals surface area contributed by atoms with Crippen LogP contribution in [0.4, 0.5) is 5.82 Å². The summed E-state index contributed by atoms with van der Waals surface area (Å²) in [4.78, 5) is 30.5. The molecule has 7 nitrogen and oxygen atoms in total. The van der Waals surface area contributed by atoms with Gasteiger partial charge < -0.3 is 10.5 Å². The average molecular weight is 320 g/mol. The Bertz CT molecular complexity index is 862. The van der Waals surface area contributed by atoms with E-state index in [0.29, 0.717) is 11.8 Å². The van der Waals surface area contributed by atoms with Crippen molar-refractivity contribution < 1.29 is 4.79 Å². The van der Waals surface area contributed by atoms with Gasteiger partial charge in [0.1, 0.15) is 17.9 Å². The number of fused-ring (bicyclic) bond motifs is 3. The number of anilines is 1. The largest absolute Gasteiger partial charge is 0.369 e. The van der Waals surface area contributed by atoms with Crippen LogP contribution in [0.1, 0.15) is 35.8 Å². The summed E-state index contributed by atoms with van der Waals surface area (Å²) >= 11 is 0. The second-order valence-corrected chi connectivity index (χ2v) is 5.85. The van der Waals surface area contributed by atoms with Crippen molar-refractivity contribution in [1.82, 2.24) is 15.0 Å². The third-order valence-electron chi connectivity index (χ3n) is 4.38. The SMILES string of the molecule is CC(C=O)c1nccc(C2c3cccnc3N3C(N)=NC=CC23)n1. The fraction of sp³-hybridized carbons (Fsp3) is 0.235. The van der Waals surface area contributed by atoms with Crippen molar-refractivity contribution in [3.8, 4) is 0 Å². The molecule has 2 aliphatic rings. The van der Waals surface area contributed by atoms with Crippen molar-refractivity contribution in [2.24, 2.45) is 10.7 Å². The summed E-state index contributed by atoms with van der Waals surface area (Å²) in [5.41, 5.74) is 7.96. The lowest BCUT2D eigenvalue weighted by Crippen LogP contribution is -2.44. The lowest BCUT2D eigenvalue weighted by Gasteiger charge is -2.28. The van der Waals surface area contributed by atoms with Gasteiger partial charge in [-0.15, -0.1) is 0 Å². The van der Waals surface area contributed by atoms with Crippen LogP contribution in [-0.2, 0) is 4.79 Å². The molecule has 7 heteroatoms. The van der Waals surface area contributed by atoms with Gasteiger partial charge in [-0.05, 0) is 25.1 Å². The molecule has 0 saturated heterocycles. The number of carbonyl (C=O) groups is 1. The van der Waals surface area contributed by atoms with E-state index in [9.17, 15) is 4.79 Å². The molecule has 0 aromatic carbocycles. The number of nitrogens with zero attached hydrogens (tertiary/aromatic N) is 5. The molecule has 0 amide bonds. The molecule has 0 spiro atoms. The monoisotopic (exact) mass is 320 g/mol. The number of hydrogen-bond acceptors (Lipinski definition) is 7. The van der Waals surface area contributed by atoms with Crippen LogP contribution >= 0.6 is 0 Å². The molecule has 0 fully saturated rings. The van der Waals surface area contributed by atoms with Gasteiger partial charge in [-0.2, -0.15) is 0 Å². The highest BCUT2D eigenvalue weighted by molar-refractivity contribution is 5.98. The van der Waals surface area contributed by atoms with Crippen LogP contribution in [0, 0.1) is 0 Å². The van der Waals surface area contributed by atoms with Gasteiger partial charge in [0, 0.05) is 24.2 Å². The average Bonchev–Trinajstić information content (AvgIpc) is 2.96. The predicted molar refractivity (Wildman–Crippen MR) is 89.6 cm³/mol. The van der Waals surface area contributed by atoms with Gasteiger partial charge >= 0.3 is 0 Å². The summed E-state index contributed by atoms with van der Waals surface area (Å²) < 4.78 is 0. The molecule has 3 atom stereocenters. The van der Waals surface area contributed by atoms with Crippen LogP contribution in [0.5, 0.6) is 0 Å². The van der Waals surface area contributed by atoms with Crippen LogP contribution in [0.2, 0.25) is 0 Å². The molecule has 2 aromatic heterocycles. The first-order chi connectivity index (χ1) is 11.7. The summed E-state index contributed by atoms with van der Waals surface area (Å²) in [7, 11) is 0. The Balaban J connectivity index is 1.85. The van der Waals surface area contributed by atoms with Crippen LogP contribution in [-0.4, -0.2) is 33.2 Å². The maximum atomic E-state index is 11.1. The molecule has 0 bridgehead atoms. The minimum absolute atomic E-state index is 0.0401. The zero-order valence-corrected chi connectivity index (χ0v) is 13.1. The Labute approximate surface area is 139 Å². The molecule has 24 heavy (non-hydrogen) atoms. The first-order valence-electron chi connectivity index (χ1n) is 7.73. The Morgan fingerprint density at radius 1 is 1.29 bits per heavy atom. The van der Waals surface area contributed by atoms with Crippen molar-refractivity contribution in [3.63, 3.8) is 0 Å². The molecule has 2 aliphatic heterocycles. The number of aromatic nitrogens is 3. The minimum Gasteiger partial charge on any atom is -0.369 e. The third kappa shape index (κ3) is 2.09. The van der Waals surface area contributed by atoms with E-state index in [4.69, 9.17) is 5.73 Å². The van der Waals surface area contributed by atoms with Crippen LogP contribution in [0.25, 0.3) is 0 Å². The van der Waals surface area contributed by atoms with E-state index in [1.165, 1.54) is 0 Å². The number of carbonyl (C=O) groups excluding carboxylic acids is 1. The molecular weight excluding hydrogens is 304 g/mol. The van der Waals surface area contributed by atoms with E-state index in [2.05, 4.69) is 19.9 Å². The normalized spacial score (nSPS) is 22.5. The Hall–Kier alpha value is -3.09. The number of aliphatic imine (C=N–C) groups is 1. The van der Waals surface area contributed by atoms with E-state index in [1.807, 2.05) is 29.2 Å². The van der Waals surface area contributed by atoms with Crippen LogP contribution in [0.15, 0.2) is 47.9 Å². The highest BCUT2D eigenvalue weighted by atomic mass is 16.1. The van der Waals surface area contributed by atoms with Gasteiger partial charge in [-0.1, -0.05) is 6.07 Å². The van der Waals surface area contributed by atoms with Crippen molar-refractivity contribution in [2.45, 2.75) is 24.8 Å². The van der Waals surface area contributed by atoms with Gasteiger partial charge in [-0.3, -0.25) is 4.90 Å². The quantitative estimate of drug-likeness (QED) is 0.857. The summed E-state index contributed by atoms with van der Waals surface area (Å²) in [5, 5.41) is 0. The number of aldehydes is 1. The molecular formula is C17H16N6O. The number of pyridine rings is 1. The molecule has 3 unspecified atom stereocenters. The van der Waals surface area contributed by atoms with E-state index in [-0.39, 0.29) is 17.9 Å². The molecule has 4 heterocycles. The van der Waals surface area contributed by atoms with E-state index in [0.717, 1.165) is 23.4 Å². The first-order valence-corrected chi connectivity index (χ1v) is 7.73. The van der Waals surface area contributed by atoms with Crippen LogP contribution in [0.3, 0.4) is 0 Å². The minimum atomic E-state index is -0.343. The number of hydrogen-bond donors (Lipinski definition) is 1. The highest BCUT2D eigenvalue weighted by Crippen LogP contribution is 2.44. The molecule has 120 valence electrons. The fourth-order valence-electron chi connectivity index (χ4n) is 3.23. The van der Waals surface area contributed by atoms with Gasteiger partial charge in [-0.25, -0.2) is 19.9 Å². The molecule has 2 aromatic rings. The zero-order chi connectivity index (χ0) is 16.7. The predicted octanol–water partition coefficient (Wildman–Crippen LogP) is 1.34. The fourth-order valence-corrected chi connectivity index (χ4v) is 3.23. The molecule has 4 rings (SSSR count). The molecule has 2 N–H and O–H groups in total. The van der Waals surface area contributed by atoms with Gasteiger partial charge in [0.25, 0.3) is 0 Å². The number of rotatable bonds is 3. The highest BCUT2D eigenvalue weighted by Gasteiger charge is 2.42. The smallest absolute Gasteiger partial charge is 0.202 e. The lowest BCUT2D eigenvalue weighted by molar-refractivity contribution is -0.108.